The number of aryl methyl sites for hydroxylation is 2. The van der Waals surface area contributed by atoms with Crippen molar-refractivity contribution in [2.24, 2.45) is 0 Å². The summed E-state index contributed by atoms with van der Waals surface area (Å²) >= 11 is 12.2. The van der Waals surface area contributed by atoms with Gasteiger partial charge in [0.05, 0.1) is 10.0 Å². The molecule has 0 bridgehead atoms. The van der Waals surface area contributed by atoms with Gasteiger partial charge in [0, 0.05) is 11.8 Å². The van der Waals surface area contributed by atoms with Gasteiger partial charge in [0.1, 0.15) is 11.5 Å². The summed E-state index contributed by atoms with van der Waals surface area (Å²) in [6, 6.07) is 7.77. The molecule has 102 valence electrons. The van der Waals surface area contributed by atoms with Gasteiger partial charge in [-0.3, -0.25) is 4.40 Å². The predicted molar refractivity (Wildman–Crippen MR) is 84.5 cm³/mol. The molecule has 2 N–H and O–H groups in total. The number of pyridine rings is 1. The fourth-order valence-electron chi connectivity index (χ4n) is 2.46. The van der Waals surface area contributed by atoms with Gasteiger partial charge in [0.2, 0.25) is 0 Å². The minimum Gasteiger partial charge on any atom is -0.383 e. The molecule has 0 aliphatic heterocycles. The molecule has 0 saturated carbocycles. The predicted octanol–water partition coefficient (Wildman–Crippen LogP) is 4.51. The van der Waals surface area contributed by atoms with E-state index in [-0.39, 0.29) is 0 Å². The number of aromatic nitrogens is 2. The first-order chi connectivity index (χ1) is 9.49. The van der Waals surface area contributed by atoms with Crippen LogP contribution in [-0.4, -0.2) is 9.38 Å². The lowest BCUT2D eigenvalue weighted by molar-refractivity contribution is 1.20. The Morgan fingerprint density at radius 3 is 2.45 bits per heavy atom. The van der Waals surface area contributed by atoms with Crippen LogP contribution in [0.4, 0.5) is 5.82 Å². The van der Waals surface area contributed by atoms with Gasteiger partial charge in [-0.2, -0.15) is 0 Å². The van der Waals surface area contributed by atoms with Gasteiger partial charge in [0.25, 0.3) is 0 Å². The minimum atomic E-state index is 0.488. The number of fused-ring (bicyclic) bond motifs is 1. The Hall–Kier alpha value is -1.71. The number of nitrogens with two attached hydrogens (primary N) is 1. The van der Waals surface area contributed by atoms with E-state index in [4.69, 9.17) is 28.9 Å². The van der Waals surface area contributed by atoms with Crippen LogP contribution in [-0.2, 0) is 0 Å². The molecule has 0 spiro atoms. The average Bonchev–Trinajstić information content (AvgIpc) is 2.68. The van der Waals surface area contributed by atoms with E-state index in [1.54, 1.807) is 16.7 Å². The molecule has 3 nitrogen and oxygen atoms in total. The van der Waals surface area contributed by atoms with Crippen LogP contribution in [0.5, 0.6) is 0 Å². The number of anilines is 1. The molecule has 2 aromatic heterocycles. The molecule has 5 heteroatoms. The monoisotopic (exact) mass is 305 g/mol. The third-order valence-corrected chi connectivity index (χ3v) is 3.88. The maximum absolute atomic E-state index is 6.23. The molecule has 0 fully saturated rings. The van der Waals surface area contributed by atoms with E-state index in [1.807, 2.05) is 32.0 Å². The van der Waals surface area contributed by atoms with Crippen LogP contribution in [0.25, 0.3) is 16.9 Å². The molecular weight excluding hydrogens is 293 g/mol. The summed E-state index contributed by atoms with van der Waals surface area (Å²) in [6.07, 6.45) is 1.72. The smallest absolute Gasteiger partial charge is 0.158 e. The first-order valence-electron chi connectivity index (χ1n) is 6.18. The Bertz CT molecular complexity index is 801. The second-order valence-corrected chi connectivity index (χ2v) is 5.66. The number of halogens is 2. The second kappa shape index (κ2) is 4.69. The Morgan fingerprint density at radius 2 is 1.80 bits per heavy atom. The highest BCUT2D eigenvalue weighted by Crippen LogP contribution is 2.34. The Labute approximate surface area is 127 Å². The number of hydrogen-bond acceptors (Lipinski definition) is 2. The summed E-state index contributed by atoms with van der Waals surface area (Å²) < 4.78 is 1.73. The Balaban J connectivity index is 2.39. The van der Waals surface area contributed by atoms with E-state index >= 15 is 0 Å². The fourth-order valence-corrected chi connectivity index (χ4v) is 2.98. The second-order valence-electron chi connectivity index (χ2n) is 4.81. The highest BCUT2D eigenvalue weighted by Gasteiger charge is 2.17. The summed E-state index contributed by atoms with van der Waals surface area (Å²) in [4.78, 5) is 4.59. The zero-order valence-corrected chi connectivity index (χ0v) is 12.6. The molecule has 1 aromatic carbocycles. The molecule has 20 heavy (non-hydrogen) atoms. The first kappa shape index (κ1) is 13.3. The van der Waals surface area contributed by atoms with Gasteiger partial charge in [-0.1, -0.05) is 41.4 Å². The van der Waals surface area contributed by atoms with Crippen LogP contribution in [0.15, 0.2) is 30.5 Å². The summed E-state index contributed by atoms with van der Waals surface area (Å²) in [5.41, 5.74) is 10.9. The standard InChI is InChI=1S/C15H13Cl2N3/c1-8-4-3-5-9(2)12(8)13-14(18)20-7-10(16)6-11(17)15(20)19-13/h3-7H,18H2,1-2H3. The molecule has 0 aliphatic carbocycles. The van der Waals surface area contributed by atoms with Crippen LogP contribution < -0.4 is 5.73 Å². The quantitative estimate of drug-likeness (QED) is 0.719. The summed E-state index contributed by atoms with van der Waals surface area (Å²) in [5.74, 6) is 0.543. The van der Waals surface area contributed by atoms with E-state index in [2.05, 4.69) is 4.98 Å². The van der Waals surface area contributed by atoms with E-state index in [1.165, 1.54) is 0 Å². The van der Waals surface area contributed by atoms with Crippen LogP contribution in [0, 0.1) is 13.8 Å². The van der Waals surface area contributed by atoms with Crippen molar-refractivity contribution in [1.29, 1.82) is 0 Å². The topological polar surface area (TPSA) is 43.3 Å². The van der Waals surface area contributed by atoms with Gasteiger partial charge in [-0.15, -0.1) is 0 Å². The number of benzene rings is 1. The number of imidazole rings is 1. The summed E-state index contributed by atoms with van der Waals surface area (Å²) in [6.45, 7) is 4.08. The summed E-state index contributed by atoms with van der Waals surface area (Å²) in [5, 5.41) is 1.02. The van der Waals surface area contributed by atoms with Gasteiger partial charge in [-0.05, 0) is 31.0 Å². The maximum atomic E-state index is 6.23. The van der Waals surface area contributed by atoms with Crippen molar-refractivity contribution < 1.29 is 0 Å². The van der Waals surface area contributed by atoms with Crippen LogP contribution in [0.3, 0.4) is 0 Å². The normalized spacial score (nSPS) is 11.2. The number of rotatable bonds is 1. The van der Waals surface area contributed by atoms with E-state index in [0.717, 1.165) is 22.4 Å². The highest BCUT2D eigenvalue weighted by molar-refractivity contribution is 6.36. The number of nitrogens with zero attached hydrogens (tertiary/aromatic N) is 2. The van der Waals surface area contributed by atoms with E-state index < -0.39 is 0 Å². The van der Waals surface area contributed by atoms with Crippen LogP contribution in [0.2, 0.25) is 10.0 Å². The van der Waals surface area contributed by atoms with Crippen molar-refractivity contribution in [3.63, 3.8) is 0 Å². The summed E-state index contributed by atoms with van der Waals surface area (Å²) in [7, 11) is 0. The third-order valence-electron chi connectivity index (χ3n) is 3.40. The van der Waals surface area contributed by atoms with Gasteiger partial charge >= 0.3 is 0 Å². The van der Waals surface area contributed by atoms with Crippen molar-refractivity contribution in [3.05, 3.63) is 51.6 Å². The fraction of sp³-hybridized carbons (Fsp3) is 0.133. The molecule has 0 amide bonds. The lowest BCUT2D eigenvalue weighted by Crippen LogP contribution is -1.96. The number of nitrogen functional groups attached to an aromatic ring is 1. The number of hydrogen-bond donors (Lipinski definition) is 1. The van der Waals surface area contributed by atoms with Crippen LogP contribution >= 0.6 is 23.2 Å². The van der Waals surface area contributed by atoms with Crippen molar-refractivity contribution >= 4 is 34.7 Å². The SMILES string of the molecule is Cc1cccc(C)c1-c1nc2c(Cl)cc(Cl)cn2c1N. The van der Waals surface area contributed by atoms with Gasteiger partial charge < -0.3 is 5.73 Å². The molecular formula is C15H13Cl2N3. The first-order valence-corrected chi connectivity index (χ1v) is 6.94. The lowest BCUT2D eigenvalue weighted by atomic mass is 10.0. The van der Waals surface area contributed by atoms with E-state index in [0.29, 0.717) is 21.5 Å². The molecule has 2 heterocycles. The average molecular weight is 306 g/mol. The maximum Gasteiger partial charge on any atom is 0.158 e. The Morgan fingerprint density at radius 1 is 1.15 bits per heavy atom. The van der Waals surface area contributed by atoms with E-state index in [9.17, 15) is 0 Å². The Kier molecular flexibility index (Phi) is 3.11. The molecule has 3 rings (SSSR count). The molecule has 0 atom stereocenters. The molecule has 0 radical (unpaired) electrons. The molecule has 0 unspecified atom stereocenters. The molecule has 0 saturated heterocycles. The zero-order chi connectivity index (χ0) is 14.4. The van der Waals surface area contributed by atoms with Crippen LogP contribution in [0.1, 0.15) is 11.1 Å². The molecule has 3 aromatic rings. The minimum absolute atomic E-state index is 0.488. The van der Waals surface area contributed by atoms with Gasteiger partial charge in [-0.25, -0.2) is 4.98 Å². The van der Waals surface area contributed by atoms with Gasteiger partial charge in [0.15, 0.2) is 5.65 Å². The van der Waals surface area contributed by atoms with Crippen molar-refractivity contribution in [1.82, 2.24) is 9.38 Å². The molecule has 0 aliphatic rings. The van der Waals surface area contributed by atoms with Crippen molar-refractivity contribution in [2.75, 3.05) is 5.73 Å². The van der Waals surface area contributed by atoms with Crippen molar-refractivity contribution in [2.45, 2.75) is 13.8 Å². The van der Waals surface area contributed by atoms with Crippen molar-refractivity contribution in [3.8, 4) is 11.3 Å². The zero-order valence-electron chi connectivity index (χ0n) is 11.1. The highest BCUT2D eigenvalue weighted by atomic mass is 35.5. The lowest BCUT2D eigenvalue weighted by Gasteiger charge is -2.07. The largest absolute Gasteiger partial charge is 0.383 e. The third kappa shape index (κ3) is 1.94.